The minimum Gasteiger partial charge on any atom is -0.478 e. The summed E-state index contributed by atoms with van der Waals surface area (Å²) in [5, 5.41) is 13.2. The van der Waals surface area contributed by atoms with E-state index in [-0.39, 0.29) is 5.56 Å². The summed E-state index contributed by atoms with van der Waals surface area (Å²) < 4.78 is 4.99. The molecular formula is C20H17ClN2O4S. The van der Waals surface area contributed by atoms with Gasteiger partial charge >= 0.3 is 11.9 Å². The first-order chi connectivity index (χ1) is 13.3. The number of methoxy groups -OCH3 is 1. The Hall–Kier alpha value is -2.90. The Morgan fingerprint density at radius 2 is 1.75 bits per heavy atom. The van der Waals surface area contributed by atoms with Crippen LogP contribution in [0.25, 0.3) is 0 Å². The zero-order valence-corrected chi connectivity index (χ0v) is 16.7. The molecule has 0 radical (unpaired) electrons. The van der Waals surface area contributed by atoms with Crippen molar-refractivity contribution >= 4 is 46.6 Å². The van der Waals surface area contributed by atoms with Gasteiger partial charge in [-0.05, 0) is 61.1 Å². The first-order valence-corrected chi connectivity index (χ1v) is 9.10. The van der Waals surface area contributed by atoms with Crippen molar-refractivity contribution in [2.45, 2.75) is 13.0 Å². The van der Waals surface area contributed by atoms with Crippen LogP contribution in [0.1, 0.15) is 28.9 Å². The number of carbonyl (C=O) groups excluding carboxylic acids is 1. The van der Waals surface area contributed by atoms with Gasteiger partial charge < -0.3 is 15.2 Å². The average molecular weight is 417 g/mol. The first kappa shape index (κ1) is 19.9. The number of carboxylic acid groups (broad SMARTS) is 1. The Labute approximate surface area is 172 Å². The summed E-state index contributed by atoms with van der Waals surface area (Å²) in [7, 11) is 1.31. The minimum atomic E-state index is -1.02. The van der Waals surface area contributed by atoms with Gasteiger partial charge in [0, 0.05) is 16.4 Å². The standard InChI is InChI=1S/C20H17ClN2O4S/c1-11-16(19(26)27-2)17(12-3-5-13(6-4-12)18(24)25)22-20(28)23(11)15-9-7-14(21)8-10-15/h3-10,17H,1-2H3,(H,22,28)(H,24,25). The van der Waals surface area contributed by atoms with Gasteiger partial charge in [-0.3, -0.25) is 4.90 Å². The molecule has 0 bridgehead atoms. The summed E-state index contributed by atoms with van der Waals surface area (Å²) >= 11 is 11.5. The lowest BCUT2D eigenvalue weighted by molar-refractivity contribution is -0.136. The topological polar surface area (TPSA) is 78.9 Å². The van der Waals surface area contributed by atoms with Crippen LogP contribution in [0.4, 0.5) is 5.69 Å². The highest BCUT2D eigenvalue weighted by Crippen LogP contribution is 2.34. The number of aromatic carboxylic acids is 1. The van der Waals surface area contributed by atoms with E-state index in [1.54, 1.807) is 48.2 Å². The van der Waals surface area contributed by atoms with Gasteiger partial charge in [-0.1, -0.05) is 23.7 Å². The van der Waals surface area contributed by atoms with Crippen molar-refractivity contribution in [3.8, 4) is 0 Å². The number of thiocarbonyl (C=S) groups is 1. The number of carbonyl (C=O) groups is 2. The quantitative estimate of drug-likeness (QED) is 0.577. The van der Waals surface area contributed by atoms with E-state index in [1.165, 1.54) is 19.2 Å². The number of hydrogen-bond acceptors (Lipinski definition) is 4. The molecule has 144 valence electrons. The number of esters is 1. The molecule has 8 heteroatoms. The van der Waals surface area contributed by atoms with E-state index in [2.05, 4.69) is 5.32 Å². The lowest BCUT2D eigenvalue weighted by atomic mass is 9.94. The van der Waals surface area contributed by atoms with E-state index in [0.717, 1.165) is 5.69 Å². The number of halogens is 1. The summed E-state index contributed by atoms with van der Waals surface area (Å²) in [5.74, 6) is -1.52. The van der Waals surface area contributed by atoms with Gasteiger partial charge in [0.25, 0.3) is 0 Å². The molecular weight excluding hydrogens is 400 g/mol. The number of hydrogen-bond donors (Lipinski definition) is 2. The van der Waals surface area contributed by atoms with Gasteiger partial charge in [0.1, 0.15) is 0 Å². The van der Waals surface area contributed by atoms with Gasteiger partial charge in [-0.25, -0.2) is 9.59 Å². The lowest BCUT2D eigenvalue weighted by Crippen LogP contribution is -2.48. The van der Waals surface area contributed by atoms with Gasteiger partial charge in [0.05, 0.1) is 24.3 Å². The van der Waals surface area contributed by atoms with Gasteiger partial charge in [-0.2, -0.15) is 0 Å². The molecule has 0 saturated heterocycles. The van der Waals surface area contributed by atoms with Crippen LogP contribution >= 0.6 is 23.8 Å². The van der Waals surface area contributed by atoms with E-state index in [9.17, 15) is 9.59 Å². The van der Waals surface area contributed by atoms with Crippen LogP contribution in [-0.2, 0) is 9.53 Å². The molecule has 1 unspecified atom stereocenters. The maximum atomic E-state index is 12.6. The van der Waals surface area contributed by atoms with E-state index in [4.69, 9.17) is 33.7 Å². The van der Waals surface area contributed by atoms with Gasteiger partial charge in [0.2, 0.25) is 0 Å². The van der Waals surface area contributed by atoms with Gasteiger partial charge in [-0.15, -0.1) is 0 Å². The second kappa shape index (κ2) is 8.00. The third-order valence-corrected chi connectivity index (χ3v) is 5.02. The van der Waals surface area contributed by atoms with Gasteiger partial charge in [0.15, 0.2) is 5.11 Å². The second-order valence-corrected chi connectivity index (χ2v) is 6.94. The molecule has 0 spiro atoms. The van der Waals surface area contributed by atoms with Crippen LogP contribution in [0.5, 0.6) is 0 Å². The molecule has 1 aliphatic heterocycles. The number of anilines is 1. The number of rotatable bonds is 4. The van der Waals surface area contributed by atoms with E-state index < -0.39 is 18.0 Å². The highest BCUT2D eigenvalue weighted by Gasteiger charge is 2.35. The Bertz CT molecular complexity index is 971. The number of carboxylic acids is 1. The molecule has 0 amide bonds. The number of nitrogens with zero attached hydrogens (tertiary/aromatic N) is 1. The van der Waals surface area contributed by atoms with Crippen LogP contribution in [0.3, 0.4) is 0 Å². The van der Waals surface area contributed by atoms with Crippen molar-refractivity contribution in [3.63, 3.8) is 0 Å². The molecule has 2 aromatic rings. The molecule has 2 aromatic carbocycles. The lowest BCUT2D eigenvalue weighted by Gasteiger charge is -2.37. The molecule has 3 rings (SSSR count). The van der Waals surface area contributed by atoms with Crippen LogP contribution in [-0.4, -0.2) is 29.3 Å². The van der Waals surface area contributed by atoms with Crippen molar-refractivity contribution in [2.24, 2.45) is 0 Å². The summed E-state index contributed by atoms with van der Waals surface area (Å²) in [5.41, 5.74) is 2.60. The molecule has 6 nitrogen and oxygen atoms in total. The summed E-state index contributed by atoms with van der Waals surface area (Å²) in [4.78, 5) is 25.4. The minimum absolute atomic E-state index is 0.158. The summed E-state index contributed by atoms with van der Waals surface area (Å²) in [6.07, 6.45) is 0. The Morgan fingerprint density at radius 1 is 1.14 bits per heavy atom. The molecule has 1 aliphatic rings. The first-order valence-electron chi connectivity index (χ1n) is 8.32. The normalized spacial score (nSPS) is 16.6. The Kier molecular flexibility index (Phi) is 5.67. The van der Waals surface area contributed by atoms with Crippen molar-refractivity contribution in [1.29, 1.82) is 0 Å². The van der Waals surface area contributed by atoms with Crippen molar-refractivity contribution in [3.05, 3.63) is 76.0 Å². The second-order valence-electron chi connectivity index (χ2n) is 6.11. The Balaban J connectivity index is 2.09. The number of nitrogens with one attached hydrogen (secondary N) is 1. The molecule has 1 atom stereocenters. The largest absolute Gasteiger partial charge is 0.478 e. The summed E-state index contributed by atoms with van der Waals surface area (Å²) in [6.45, 7) is 1.78. The predicted octanol–water partition coefficient (Wildman–Crippen LogP) is 3.92. The predicted molar refractivity (Wildman–Crippen MR) is 111 cm³/mol. The van der Waals surface area contributed by atoms with Crippen molar-refractivity contribution in [2.75, 3.05) is 12.0 Å². The molecule has 0 aliphatic carbocycles. The molecule has 2 N–H and O–H groups in total. The third-order valence-electron chi connectivity index (χ3n) is 4.47. The highest BCUT2D eigenvalue weighted by molar-refractivity contribution is 7.80. The number of benzene rings is 2. The fraction of sp³-hybridized carbons (Fsp3) is 0.150. The van der Waals surface area contributed by atoms with Crippen molar-refractivity contribution in [1.82, 2.24) is 5.32 Å². The molecule has 0 aromatic heterocycles. The maximum Gasteiger partial charge on any atom is 0.337 e. The van der Waals surface area contributed by atoms with Crippen LogP contribution in [0, 0.1) is 0 Å². The summed E-state index contributed by atoms with van der Waals surface area (Å²) in [6, 6.07) is 12.8. The zero-order chi connectivity index (χ0) is 20.4. The van der Waals surface area contributed by atoms with Crippen LogP contribution in [0.2, 0.25) is 5.02 Å². The molecule has 0 fully saturated rings. The maximum absolute atomic E-state index is 12.6. The van der Waals surface area contributed by atoms with E-state index in [0.29, 0.717) is 27.0 Å². The fourth-order valence-corrected chi connectivity index (χ4v) is 3.57. The fourth-order valence-electron chi connectivity index (χ4n) is 3.09. The average Bonchev–Trinajstić information content (AvgIpc) is 2.68. The smallest absolute Gasteiger partial charge is 0.337 e. The highest BCUT2D eigenvalue weighted by atomic mass is 35.5. The molecule has 1 heterocycles. The monoisotopic (exact) mass is 416 g/mol. The van der Waals surface area contributed by atoms with Crippen molar-refractivity contribution < 1.29 is 19.4 Å². The number of allylic oxidation sites excluding steroid dienone is 1. The van der Waals surface area contributed by atoms with Crippen LogP contribution < -0.4 is 10.2 Å². The molecule has 28 heavy (non-hydrogen) atoms. The van der Waals surface area contributed by atoms with E-state index >= 15 is 0 Å². The zero-order valence-electron chi connectivity index (χ0n) is 15.1. The number of ether oxygens (including phenoxy) is 1. The molecule has 0 saturated carbocycles. The van der Waals surface area contributed by atoms with Crippen LogP contribution in [0.15, 0.2) is 59.8 Å². The SMILES string of the molecule is COC(=O)C1=C(C)N(c2ccc(Cl)cc2)C(=S)NC1c1ccc(C(=O)O)cc1. The third kappa shape index (κ3) is 3.72. The van der Waals surface area contributed by atoms with E-state index in [1.807, 2.05) is 0 Å². The Morgan fingerprint density at radius 3 is 2.29 bits per heavy atom.